The number of allylic oxidation sites excluding steroid dienone is 1. The second-order valence-electron chi connectivity index (χ2n) is 8.98. The number of hydrogen-bond donors (Lipinski definition) is 1. The molecule has 0 amide bonds. The number of aromatic hydroxyl groups is 1. The van der Waals surface area contributed by atoms with E-state index in [2.05, 4.69) is 29.2 Å². The molecule has 0 spiro atoms. The largest absolute Gasteiger partial charge is 0.507 e. The Morgan fingerprint density at radius 1 is 0.857 bits per heavy atom. The molecular formula is C31H27NO3. The van der Waals surface area contributed by atoms with Gasteiger partial charge in [-0.15, -0.1) is 0 Å². The summed E-state index contributed by atoms with van der Waals surface area (Å²) in [5.41, 5.74) is 6.17. The zero-order valence-electron chi connectivity index (χ0n) is 19.9. The summed E-state index contributed by atoms with van der Waals surface area (Å²) >= 11 is 0. The maximum Gasteiger partial charge on any atom is 0.232 e. The summed E-state index contributed by atoms with van der Waals surface area (Å²) in [6.45, 7) is 3.00. The third kappa shape index (κ3) is 4.75. The monoisotopic (exact) mass is 461 g/mol. The van der Waals surface area contributed by atoms with Crippen LogP contribution in [0.1, 0.15) is 32.6 Å². The van der Waals surface area contributed by atoms with Crippen LogP contribution >= 0.6 is 0 Å². The molecule has 0 fully saturated rings. The van der Waals surface area contributed by atoms with Gasteiger partial charge in [0.2, 0.25) is 5.78 Å². The van der Waals surface area contributed by atoms with Gasteiger partial charge < -0.3 is 9.84 Å². The van der Waals surface area contributed by atoms with Crippen LogP contribution in [0.5, 0.6) is 11.5 Å². The maximum atomic E-state index is 13.3. The number of phenols is 1. The number of carbonyl (C=O) groups is 1. The fourth-order valence-corrected chi connectivity index (χ4v) is 4.51. The minimum atomic E-state index is -0.156. The van der Waals surface area contributed by atoms with Crippen molar-refractivity contribution in [3.8, 4) is 22.6 Å². The van der Waals surface area contributed by atoms with Crippen molar-refractivity contribution in [2.24, 2.45) is 0 Å². The third-order valence-electron chi connectivity index (χ3n) is 6.26. The first kappa shape index (κ1) is 22.6. The van der Waals surface area contributed by atoms with Crippen LogP contribution in [0.15, 0.2) is 96.8 Å². The van der Waals surface area contributed by atoms with Crippen molar-refractivity contribution < 1.29 is 14.6 Å². The molecule has 1 N–H and O–H groups in total. The second-order valence-corrected chi connectivity index (χ2v) is 8.98. The smallest absolute Gasteiger partial charge is 0.232 e. The molecule has 35 heavy (non-hydrogen) atoms. The minimum Gasteiger partial charge on any atom is -0.507 e. The highest BCUT2D eigenvalue weighted by Crippen LogP contribution is 2.42. The van der Waals surface area contributed by atoms with Gasteiger partial charge in [0.1, 0.15) is 11.5 Å². The second kappa shape index (κ2) is 9.61. The van der Waals surface area contributed by atoms with Crippen molar-refractivity contribution in [3.05, 3.63) is 125 Å². The van der Waals surface area contributed by atoms with E-state index in [-0.39, 0.29) is 17.3 Å². The molecule has 4 heteroatoms. The van der Waals surface area contributed by atoms with Crippen LogP contribution in [0.25, 0.3) is 17.2 Å². The Bertz CT molecular complexity index is 1390. The van der Waals surface area contributed by atoms with Gasteiger partial charge in [-0.05, 0) is 53.9 Å². The zero-order chi connectivity index (χ0) is 24.4. The topological polar surface area (TPSA) is 49.8 Å². The molecule has 0 unspecified atom stereocenters. The van der Waals surface area contributed by atoms with Crippen molar-refractivity contribution in [3.63, 3.8) is 0 Å². The van der Waals surface area contributed by atoms with Crippen LogP contribution in [0.3, 0.4) is 0 Å². The molecule has 4 aromatic rings. The number of Topliss-reactive ketones (excluding diaryl/α,β-unsaturated/α-hetero) is 1. The molecule has 4 aromatic carbocycles. The number of fused-ring (bicyclic) bond motifs is 1. The quantitative estimate of drug-likeness (QED) is 0.328. The summed E-state index contributed by atoms with van der Waals surface area (Å²) in [6.07, 6.45) is 1.77. The van der Waals surface area contributed by atoms with Crippen molar-refractivity contribution >= 4 is 11.9 Å². The summed E-state index contributed by atoms with van der Waals surface area (Å²) in [4.78, 5) is 15.4. The summed E-state index contributed by atoms with van der Waals surface area (Å²) in [6, 6.07) is 30.0. The number of rotatable bonds is 6. The van der Waals surface area contributed by atoms with Gasteiger partial charge in [-0.3, -0.25) is 9.69 Å². The predicted octanol–water partition coefficient (Wildman–Crippen LogP) is 6.62. The number of ketones is 1. The van der Waals surface area contributed by atoms with Crippen molar-refractivity contribution in [1.29, 1.82) is 0 Å². The van der Waals surface area contributed by atoms with Crippen LogP contribution in [0.2, 0.25) is 0 Å². The fourth-order valence-electron chi connectivity index (χ4n) is 4.51. The van der Waals surface area contributed by atoms with Crippen molar-refractivity contribution in [2.45, 2.75) is 20.0 Å². The molecule has 1 aliphatic rings. The number of ether oxygens (including phenoxy) is 1. The molecule has 1 aliphatic heterocycles. The lowest BCUT2D eigenvalue weighted by Gasteiger charge is -2.19. The van der Waals surface area contributed by atoms with Gasteiger partial charge in [0.25, 0.3) is 0 Å². The van der Waals surface area contributed by atoms with E-state index in [1.165, 1.54) is 5.56 Å². The minimum absolute atomic E-state index is 0.141. The predicted molar refractivity (Wildman–Crippen MR) is 139 cm³/mol. The first-order valence-electron chi connectivity index (χ1n) is 11.7. The molecule has 4 nitrogen and oxygen atoms in total. The van der Waals surface area contributed by atoms with Gasteiger partial charge >= 0.3 is 0 Å². The van der Waals surface area contributed by atoms with Crippen LogP contribution in [-0.4, -0.2) is 22.8 Å². The molecular weight excluding hydrogens is 434 g/mol. The first-order chi connectivity index (χ1) is 17.0. The maximum absolute atomic E-state index is 13.3. The van der Waals surface area contributed by atoms with E-state index >= 15 is 0 Å². The number of hydrogen-bond acceptors (Lipinski definition) is 4. The average Bonchev–Trinajstić information content (AvgIpc) is 3.19. The summed E-state index contributed by atoms with van der Waals surface area (Å²) in [7, 11) is 1.99. The Kier molecular flexibility index (Phi) is 6.21. The lowest BCUT2D eigenvalue weighted by atomic mass is 9.99. The fraction of sp³-hybridized carbons (Fsp3) is 0.129. The van der Waals surface area contributed by atoms with Crippen LogP contribution in [0.4, 0.5) is 0 Å². The lowest BCUT2D eigenvalue weighted by molar-refractivity contribution is 0.101. The van der Waals surface area contributed by atoms with E-state index < -0.39 is 0 Å². The average molecular weight is 462 g/mol. The summed E-state index contributed by atoms with van der Waals surface area (Å²) in [5, 5.41) is 10.7. The molecule has 0 bridgehead atoms. The summed E-state index contributed by atoms with van der Waals surface area (Å²) < 4.78 is 6.11. The number of phenolic OH excluding ortho intramolecular Hbond substituents is 1. The highest BCUT2D eigenvalue weighted by molar-refractivity contribution is 6.15. The van der Waals surface area contributed by atoms with Gasteiger partial charge in [-0.25, -0.2) is 0 Å². The van der Waals surface area contributed by atoms with Crippen molar-refractivity contribution in [1.82, 2.24) is 4.90 Å². The molecule has 0 aliphatic carbocycles. The van der Waals surface area contributed by atoms with Gasteiger partial charge in [0.05, 0.1) is 11.1 Å². The van der Waals surface area contributed by atoms with E-state index in [9.17, 15) is 9.90 Å². The molecule has 0 saturated heterocycles. The highest BCUT2D eigenvalue weighted by Gasteiger charge is 2.33. The third-order valence-corrected chi connectivity index (χ3v) is 6.26. The molecule has 0 saturated carbocycles. The van der Waals surface area contributed by atoms with Crippen LogP contribution in [0, 0.1) is 6.92 Å². The lowest BCUT2D eigenvalue weighted by Crippen LogP contribution is -2.17. The van der Waals surface area contributed by atoms with E-state index in [0.717, 1.165) is 16.7 Å². The molecule has 0 radical (unpaired) electrons. The number of carbonyl (C=O) groups excluding carboxylic acids is 1. The molecule has 174 valence electrons. The van der Waals surface area contributed by atoms with Gasteiger partial charge in [0, 0.05) is 13.1 Å². The van der Waals surface area contributed by atoms with E-state index in [0.29, 0.717) is 35.5 Å². The standard InChI is InChI=1S/C31H27NO3/c1-21-17-27(33)26(20-32(2)19-23-9-5-3-6-10-23)31-29(21)30(34)28(35-31)18-22-13-15-25(16-14-22)24-11-7-4-8-12-24/h3-18,33H,19-20H2,1-2H3/b28-18-. The van der Waals surface area contributed by atoms with E-state index in [1.807, 2.05) is 74.6 Å². The molecule has 1 heterocycles. The summed E-state index contributed by atoms with van der Waals surface area (Å²) in [5.74, 6) is 0.715. The van der Waals surface area contributed by atoms with Gasteiger partial charge in [-0.1, -0.05) is 84.9 Å². The highest BCUT2D eigenvalue weighted by atomic mass is 16.5. The SMILES string of the molecule is Cc1cc(O)c(CN(C)Cc2ccccc2)c2c1C(=O)/C(=C/c1ccc(-c3ccccc3)cc1)O2. The van der Waals surface area contributed by atoms with Crippen LogP contribution < -0.4 is 4.74 Å². The molecule has 0 atom stereocenters. The van der Waals surface area contributed by atoms with Crippen LogP contribution in [-0.2, 0) is 13.1 Å². The zero-order valence-corrected chi connectivity index (χ0v) is 19.9. The Balaban J connectivity index is 1.41. The first-order valence-corrected chi connectivity index (χ1v) is 11.7. The van der Waals surface area contributed by atoms with E-state index in [1.54, 1.807) is 12.1 Å². The van der Waals surface area contributed by atoms with Crippen molar-refractivity contribution in [2.75, 3.05) is 7.05 Å². The number of benzene rings is 4. The van der Waals surface area contributed by atoms with E-state index in [4.69, 9.17) is 4.74 Å². The molecule has 0 aromatic heterocycles. The number of aryl methyl sites for hydroxylation is 1. The normalized spacial score (nSPS) is 13.8. The Hall–Kier alpha value is -4.15. The van der Waals surface area contributed by atoms with Gasteiger partial charge in [-0.2, -0.15) is 0 Å². The number of nitrogens with zero attached hydrogens (tertiary/aromatic N) is 1. The Labute approximate surface area is 205 Å². The van der Waals surface area contributed by atoms with Gasteiger partial charge in [0.15, 0.2) is 5.76 Å². The Morgan fingerprint density at radius 2 is 1.49 bits per heavy atom. The molecule has 5 rings (SSSR count). The Morgan fingerprint density at radius 3 is 2.17 bits per heavy atom.